The van der Waals surface area contributed by atoms with E-state index in [1.54, 1.807) is 24.3 Å². The van der Waals surface area contributed by atoms with Gasteiger partial charge in [-0.15, -0.1) is 0 Å². The average Bonchev–Trinajstić information content (AvgIpc) is 2.36. The average molecular weight is 272 g/mol. The minimum absolute atomic E-state index is 0.125. The van der Waals surface area contributed by atoms with Crippen LogP contribution in [0.3, 0.4) is 0 Å². The van der Waals surface area contributed by atoms with Gasteiger partial charge in [-0.1, -0.05) is 6.92 Å². The first-order valence-corrected chi connectivity index (χ1v) is 7.19. The fourth-order valence-corrected chi connectivity index (χ4v) is 2.21. The van der Waals surface area contributed by atoms with Crippen LogP contribution in [0.5, 0.6) is 0 Å². The van der Waals surface area contributed by atoms with E-state index in [-0.39, 0.29) is 17.4 Å². The van der Waals surface area contributed by atoms with Crippen LogP contribution in [0.25, 0.3) is 0 Å². The second-order valence-corrected chi connectivity index (χ2v) is 6.63. The smallest absolute Gasteiger partial charge is 0.242 e. The highest BCUT2D eigenvalue weighted by Crippen LogP contribution is 2.16. The fourth-order valence-electron chi connectivity index (χ4n) is 1.31. The molecule has 0 aromatic heterocycles. The number of benzene rings is 1. The van der Waals surface area contributed by atoms with Gasteiger partial charge in [0.15, 0.2) is 0 Å². The number of nitrogens with one attached hydrogen (secondary N) is 1. The van der Waals surface area contributed by atoms with Crippen molar-refractivity contribution in [2.24, 2.45) is 5.92 Å². The van der Waals surface area contributed by atoms with Crippen LogP contribution in [0.4, 0.5) is 5.69 Å². The summed E-state index contributed by atoms with van der Waals surface area (Å²) < 4.78 is 24.8. The Hall–Kier alpha value is -1.11. The molecule has 1 atom stereocenters. The van der Waals surface area contributed by atoms with E-state index in [1.807, 2.05) is 6.92 Å². The number of aliphatic hydroxyl groups is 1. The predicted molar refractivity (Wildman–Crippen MR) is 72.1 cm³/mol. The van der Waals surface area contributed by atoms with Crippen molar-refractivity contribution in [3.05, 3.63) is 24.3 Å². The molecule has 0 radical (unpaired) electrons. The number of rotatable bonds is 6. The van der Waals surface area contributed by atoms with Crippen molar-refractivity contribution in [1.29, 1.82) is 0 Å². The first-order chi connectivity index (χ1) is 8.37. The molecule has 102 valence electrons. The van der Waals surface area contributed by atoms with Gasteiger partial charge in [-0.05, 0) is 30.2 Å². The summed E-state index contributed by atoms with van der Waals surface area (Å²) in [5.41, 5.74) is 0.841. The third-order valence-electron chi connectivity index (χ3n) is 2.60. The second kappa shape index (κ2) is 6.17. The Kier molecular flexibility index (Phi) is 5.13. The summed E-state index contributed by atoms with van der Waals surface area (Å²) in [6.07, 6.45) is 0. The zero-order chi connectivity index (χ0) is 13.8. The molecule has 1 unspecified atom stereocenters. The van der Waals surface area contributed by atoms with Gasteiger partial charge in [-0.2, -0.15) is 0 Å². The summed E-state index contributed by atoms with van der Waals surface area (Å²) in [6.45, 7) is 2.70. The molecular formula is C12H20N2O3S. The number of anilines is 1. The van der Waals surface area contributed by atoms with Crippen LogP contribution in [0.15, 0.2) is 29.2 Å². The maximum absolute atomic E-state index is 11.8. The minimum atomic E-state index is -3.36. The van der Waals surface area contributed by atoms with Crippen LogP contribution in [-0.4, -0.2) is 45.1 Å². The highest BCUT2D eigenvalue weighted by atomic mass is 32.2. The van der Waals surface area contributed by atoms with Gasteiger partial charge in [-0.3, -0.25) is 0 Å². The van der Waals surface area contributed by atoms with Gasteiger partial charge in [0.25, 0.3) is 0 Å². The van der Waals surface area contributed by atoms with Crippen LogP contribution in [0.1, 0.15) is 6.92 Å². The molecular weight excluding hydrogens is 252 g/mol. The SMILES string of the molecule is CC(CO)CNc1ccc(S(=O)(=O)N(C)C)cc1. The van der Waals surface area contributed by atoms with E-state index in [1.165, 1.54) is 18.4 Å². The molecule has 1 rings (SSSR count). The molecule has 1 aromatic rings. The van der Waals surface area contributed by atoms with Gasteiger partial charge in [0.2, 0.25) is 10.0 Å². The van der Waals surface area contributed by atoms with Crippen molar-refractivity contribution in [2.45, 2.75) is 11.8 Å². The maximum atomic E-state index is 11.8. The first kappa shape index (κ1) is 14.9. The van der Waals surface area contributed by atoms with E-state index < -0.39 is 10.0 Å². The summed E-state index contributed by atoms with van der Waals surface area (Å²) in [6, 6.07) is 6.59. The molecule has 0 aliphatic rings. The van der Waals surface area contributed by atoms with Crippen molar-refractivity contribution in [2.75, 3.05) is 32.6 Å². The molecule has 0 amide bonds. The van der Waals surface area contributed by atoms with Crippen LogP contribution in [-0.2, 0) is 10.0 Å². The Bertz CT molecular complexity index is 469. The van der Waals surface area contributed by atoms with Crippen LogP contribution < -0.4 is 5.32 Å². The maximum Gasteiger partial charge on any atom is 0.242 e. The number of nitrogens with zero attached hydrogens (tertiary/aromatic N) is 1. The zero-order valence-electron chi connectivity index (χ0n) is 10.9. The minimum Gasteiger partial charge on any atom is -0.396 e. The quantitative estimate of drug-likeness (QED) is 0.810. The molecule has 1 aromatic carbocycles. The van der Waals surface area contributed by atoms with Crippen molar-refractivity contribution in [3.63, 3.8) is 0 Å². The predicted octanol–water partition coefficient (Wildman–Crippen LogP) is 0.977. The summed E-state index contributed by atoms with van der Waals surface area (Å²) in [4.78, 5) is 0.272. The molecule has 0 aliphatic heterocycles. The molecule has 0 fully saturated rings. The largest absolute Gasteiger partial charge is 0.396 e. The summed E-state index contributed by atoms with van der Waals surface area (Å²) in [7, 11) is -0.355. The number of hydrogen-bond donors (Lipinski definition) is 2. The summed E-state index contributed by atoms with van der Waals surface area (Å²) >= 11 is 0. The Balaban J connectivity index is 2.75. The fraction of sp³-hybridized carbons (Fsp3) is 0.500. The molecule has 0 bridgehead atoms. The third-order valence-corrected chi connectivity index (χ3v) is 4.43. The van der Waals surface area contributed by atoms with E-state index in [0.29, 0.717) is 6.54 Å². The zero-order valence-corrected chi connectivity index (χ0v) is 11.7. The van der Waals surface area contributed by atoms with Crippen LogP contribution >= 0.6 is 0 Å². The molecule has 0 aliphatic carbocycles. The van der Waals surface area contributed by atoms with E-state index in [2.05, 4.69) is 5.32 Å². The molecule has 18 heavy (non-hydrogen) atoms. The lowest BCUT2D eigenvalue weighted by Gasteiger charge is -2.13. The van der Waals surface area contributed by atoms with E-state index in [4.69, 9.17) is 5.11 Å². The van der Waals surface area contributed by atoms with Crippen LogP contribution in [0.2, 0.25) is 0 Å². The first-order valence-electron chi connectivity index (χ1n) is 5.75. The van der Waals surface area contributed by atoms with E-state index in [0.717, 1.165) is 5.69 Å². The van der Waals surface area contributed by atoms with Gasteiger partial charge >= 0.3 is 0 Å². The number of hydrogen-bond acceptors (Lipinski definition) is 4. The van der Waals surface area contributed by atoms with E-state index in [9.17, 15) is 8.42 Å². The van der Waals surface area contributed by atoms with Gasteiger partial charge in [0, 0.05) is 32.9 Å². The highest BCUT2D eigenvalue weighted by Gasteiger charge is 2.16. The van der Waals surface area contributed by atoms with Crippen LogP contribution in [0, 0.1) is 5.92 Å². The Labute approximate surface area is 108 Å². The van der Waals surface area contributed by atoms with Crippen molar-refractivity contribution in [3.8, 4) is 0 Å². The van der Waals surface area contributed by atoms with E-state index >= 15 is 0 Å². The molecule has 0 heterocycles. The van der Waals surface area contributed by atoms with Gasteiger partial charge < -0.3 is 10.4 Å². The Morgan fingerprint density at radius 3 is 2.28 bits per heavy atom. The topological polar surface area (TPSA) is 69.6 Å². The monoisotopic (exact) mass is 272 g/mol. The molecule has 5 nitrogen and oxygen atoms in total. The molecule has 0 saturated carbocycles. The van der Waals surface area contributed by atoms with Crippen molar-refractivity contribution in [1.82, 2.24) is 4.31 Å². The normalized spacial score (nSPS) is 13.6. The Morgan fingerprint density at radius 1 is 1.28 bits per heavy atom. The number of sulfonamides is 1. The lowest BCUT2D eigenvalue weighted by Crippen LogP contribution is -2.22. The summed E-state index contributed by atoms with van der Waals surface area (Å²) in [5.74, 6) is 0.162. The standard InChI is InChI=1S/C12H20N2O3S/c1-10(9-15)8-13-11-4-6-12(7-5-11)18(16,17)14(2)3/h4-7,10,13,15H,8-9H2,1-3H3. The number of aliphatic hydroxyl groups excluding tert-OH is 1. The van der Waals surface area contributed by atoms with Crippen molar-refractivity contribution < 1.29 is 13.5 Å². The molecule has 2 N–H and O–H groups in total. The third kappa shape index (κ3) is 3.69. The van der Waals surface area contributed by atoms with Gasteiger partial charge in [0.05, 0.1) is 4.90 Å². The van der Waals surface area contributed by atoms with Gasteiger partial charge in [0.1, 0.15) is 0 Å². The lowest BCUT2D eigenvalue weighted by atomic mass is 10.2. The lowest BCUT2D eigenvalue weighted by molar-refractivity contribution is 0.244. The highest BCUT2D eigenvalue weighted by molar-refractivity contribution is 7.89. The molecule has 0 spiro atoms. The second-order valence-electron chi connectivity index (χ2n) is 4.48. The summed E-state index contributed by atoms with van der Waals surface area (Å²) in [5, 5.41) is 12.0. The van der Waals surface area contributed by atoms with Gasteiger partial charge in [-0.25, -0.2) is 12.7 Å². The van der Waals surface area contributed by atoms with Crippen molar-refractivity contribution >= 4 is 15.7 Å². The molecule has 6 heteroatoms. The Morgan fingerprint density at radius 2 is 1.83 bits per heavy atom. The molecule has 0 saturated heterocycles.